The number of allylic oxidation sites excluding steroid dienone is 1. The number of hydrogen-bond acceptors (Lipinski definition) is 2. The zero-order valence-corrected chi connectivity index (χ0v) is 5.81. The Morgan fingerprint density at radius 1 is 1.78 bits per heavy atom. The van der Waals surface area contributed by atoms with Gasteiger partial charge in [0.15, 0.2) is 5.22 Å². The van der Waals surface area contributed by atoms with Crippen molar-refractivity contribution in [2.75, 3.05) is 0 Å². The van der Waals surface area contributed by atoms with E-state index in [1.807, 2.05) is 0 Å². The fraction of sp³-hybridized carbons (Fsp3) is 0.167. The van der Waals surface area contributed by atoms with Crippen LogP contribution in [0.15, 0.2) is 23.9 Å². The Morgan fingerprint density at radius 2 is 2.33 bits per heavy atom. The summed E-state index contributed by atoms with van der Waals surface area (Å²) in [4.78, 5) is 10.3. The molecule has 0 radical (unpaired) electrons. The van der Waals surface area contributed by atoms with Crippen LogP contribution in [0.3, 0.4) is 0 Å². The van der Waals surface area contributed by atoms with Gasteiger partial charge in [0.25, 0.3) is 0 Å². The van der Waals surface area contributed by atoms with Crippen molar-refractivity contribution in [2.24, 2.45) is 0 Å². The number of halogens is 1. The first kappa shape index (κ1) is 8.24. The van der Waals surface area contributed by atoms with Crippen molar-refractivity contribution < 1.29 is 9.53 Å². The second-order valence-corrected chi connectivity index (χ2v) is 1.59. The summed E-state index contributed by atoms with van der Waals surface area (Å²) in [5.41, 5.74) is 0. The maximum absolute atomic E-state index is 10.3. The van der Waals surface area contributed by atoms with Gasteiger partial charge >= 0.3 is 5.97 Å². The highest BCUT2D eigenvalue weighted by Gasteiger charge is 1.95. The Labute approximate surface area is 58.8 Å². The molecule has 0 aliphatic rings. The third-order valence-corrected chi connectivity index (χ3v) is 0.887. The van der Waals surface area contributed by atoms with E-state index < -0.39 is 5.97 Å². The molecule has 50 valence electrons. The maximum atomic E-state index is 10.3. The molecule has 0 aliphatic carbocycles. The molecule has 2 nitrogen and oxygen atoms in total. The van der Waals surface area contributed by atoms with Crippen molar-refractivity contribution in [1.29, 1.82) is 0 Å². The van der Waals surface area contributed by atoms with Crippen LogP contribution in [-0.2, 0) is 9.53 Å². The molecule has 9 heavy (non-hydrogen) atoms. The van der Waals surface area contributed by atoms with E-state index in [-0.39, 0.29) is 5.22 Å². The lowest BCUT2D eigenvalue weighted by atomic mass is 10.6. The number of carbonyl (C=O) groups is 1. The molecule has 0 N–H and O–H groups in total. The normalized spacial score (nSPS) is 10.7. The molecule has 0 aromatic carbocycles. The largest absolute Gasteiger partial charge is 0.411 e. The van der Waals surface area contributed by atoms with Crippen LogP contribution in [0.25, 0.3) is 0 Å². The molecule has 0 bridgehead atoms. The number of hydrogen-bond donors (Lipinski definition) is 0. The second-order valence-electron chi connectivity index (χ2n) is 1.22. The third kappa shape index (κ3) is 3.79. The van der Waals surface area contributed by atoms with Crippen LogP contribution < -0.4 is 0 Å². The summed E-state index contributed by atoms with van der Waals surface area (Å²) in [6.07, 6.45) is 2.52. The molecular formula is C6H7ClO2. The van der Waals surface area contributed by atoms with Crippen LogP contribution in [0.1, 0.15) is 6.92 Å². The van der Waals surface area contributed by atoms with Crippen LogP contribution in [0.2, 0.25) is 0 Å². The summed E-state index contributed by atoms with van der Waals surface area (Å²) >= 11 is 5.31. The molecule has 3 heteroatoms. The minimum Gasteiger partial charge on any atom is -0.411 e. The van der Waals surface area contributed by atoms with Gasteiger partial charge < -0.3 is 4.74 Å². The molecule has 0 unspecified atom stereocenters. The molecule has 0 aromatic heterocycles. The topological polar surface area (TPSA) is 26.3 Å². The fourth-order valence-corrected chi connectivity index (χ4v) is 0.273. The van der Waals surface area contributed by atoms with Crippen molar-refractivity contribution >= 4 is 17.6 Å². The van der Waals surface area contributed by atoms with E-state index in [0.29, 0.717) is 0 Å². The van der Waals surface area contributed by atoms with Gasteiger partial charge in [-0.05, 0) is 24.6 Å². The Balaban J connectivity index is 3.74. The van der Waals surface area contributed by atoms with Crippen molar-refractivity contribution in [3.63, 3.8) is 0 Å². The highest BCUT2D eigenvalue weighted by atomic mass is 35.5. The Kier molecular flexibility index (Phi) is 3.80. The molecule has 0 saturated heterocycles. The van der Waals surface area contributed by atoms with Gasteiger partial charge in [-0.25, -0.2) is 4.79 Å². The highest BCUT2D eigenvalue weighted by Crippen LogP contribution is 2.02. The third-order valence-electron chi connectivity index (χ3n) is 0.592. The predicted molar refractivity (Wildman–Crippen MR) is 35.9 cm³/mol. The highest BCUT2D eigenvalue weighted by molar-refractivity contribution is 6.29. The number of rotatable bonds is 2. The lowest BCUT2D eigenvalue weighted by molar-refractivity contribution is -0.132. The Bertz CT molecular complexity index is 149. The fourth-order valence-electron chi connectivity index (χ4n) is 0.197. The summed E-state index contributed by atoms with van der Waals surface area (Å²) in [5, 5.41) is 0.0694. The minimum absolute atomic E-state index is 0.0694. The van der Waals surface area contributed by atoms with Gasteiger partial charge in [-0.15, -0.1) is 0 Å². The van der Waals surface area contributed by atoms with Gasteiger partial charge in [0.05, 0.1) is 0 Å². The zero-order valence-electron chi connectivity index (χ0n) is 5.06. The smallest absolute Gasteiger partial charge is 0.336 e. The van der Waals surface area contributed by atoms with Crippen LogP contribution in [0.5, 0.6) is 0 Å². The Morgan fingerprint density at radius 3 is 2.67 bits per heavy atom. The molecule has 0 heterocycles. The average molecular weight is 147 g/mol. The molecule has 0 aliphatic heterocycles. The summed E-state index contributed by atoms with van der Waals surface area (Å²) in [6, 6.07) is 0. The van der Waals surface area contributed by atoms with Crippen molar-refractivity contribution in [3.8, 4) is 0 Å². The quantitative estimate of drug-likeness (QED) is 0.338. The summed E-state index contributed by atoms with van der Waals surface area (Å²) in [5.74, 6) is -0.543. The molecule has 0 saturated carbocycles. The van der Waals surface area contributed by atoms with E-state index in [1.165, 1.54) is 6.08 Å². The minimum atomic E-state index is -0.543. The van der Waals surface area contributed by atoms with Crippen molar-refractivity contribution in [3.05, 3.63) is 23.9 Å². The number of carbonyl (C=O) groups excluding carboxylic acids is 1. The average Bonchev–Trinajstić information content (AvgIpc) is 1.87. The lowest BCUT2D eigenvalue weighted by Crippen LogP contribution is -1.95. The van der Waals surface area contributed by atoms with E-state index in [9.17, 15) is 4.79 Å². The molecule has 0 amide bonds. The molecule has 0 rings (SSSR count). The van der Waals surface area contributed by atoms with Gasteiger partial charge in [0.1, 0.15) is 0 Å². The van der Waals surface area contributed by atoms with Gasteiger partial charge in [-0.1, -0.05) is 6.58 Å². The van der Waals surface area contributed by atoms with Gasteiger partial charge in [-0.3, -0.25) is 0 Å². The Hall–Kier alpha value is -0.760. The molecular weight excluding hydrogens is 140 g/mol. The van der Waals surface area contributed by atoms with Crippen LogP contribution >= 0.6 is 11.6 Å². The van der Waals surface area contributed by atoms with E-state index in [4.69, 9.17) is 11.6 Å². The maximum Gasteiger partial charge on any atom is 0.336 e. The first-order valence-corrected chi connectivity index (χ1v) is 2.74. The second kappa shape index (κ2) is 4.15. The molecule has 0 spiro atoms. The first-order valence-electron chi connectivity index (χ1n) is 2.36. The molecule has 0 aromatic rings. The van der Waals surface area contributed by atoms with Gasteiger partial charge in [0.2, 0.25) is 0 Å². The van der Waals surface area contributed by atoms with Crippen LogP contribution in [-0.4, -0.2) is 5.97 Å². The van der Waals surface area contributed by atoms with E-state index in [0.717, 1.165) is 6.08 Å². The summed E-state index contributed by atoms with van der Waals surface area (Å²) < 4.78 is 4.42. The number of ether oxygens (including phenoxy) is 1. The standard InChI is InChI=1S/C6H7ClO2/c1-3-5(7)9-6(8)4-2/h3-4H,2H2,1H3/b5-3+. The SMILES string of the molecule is C=CC(=O)O/C(Cl)=C/C. The lowest BCUT2D eigenvalue weighted by Gasteiger charge is -1.94. The molecule has 0 atom stereocenters. The van der Waals surface area contributed by atoms with Crippen molar-refractivity contribution in [2.45, 2.75) is 6.92 Å². The monoisotopic (exact) mass is 146 g/mol. The summed E-state index contributed by atoms with van der Waals surface area (Å²) in [7, 11) is 0. The van der Waals surface area contributed by atoms with Crippen LogP contribution in [0.4, 0.5) is 0 Å². The van der Waals surface area contributed by atoms with Crippen molar-refractivity contribution in [1.82, 2.24) is 0 Å². The van der Waals surface area contributed by atoms with E-state index in [1.54, 1.807) is 6.92 Å². The van der Waals surface area contributed by atoms with Gasteiger partial charge in [-0.2, -0.15) is 0 Å². The zero-order chi connectivity index (χ0) is 7.28. The number of esters is 1. The molecule has 0 fully saturated rings. The first-order chi connectivity index (χ1) is 4.20. The van der Waals surface area contributed by atoms with Crippen LogP contribution in [0, 0.1) is 0 Å². The van der Waals surface area contributed by atoms with E-state index >= 15 is 0 Å². The van der Waals surface area contributed by atoms with Gasteiger partial charge in [0, 0.05) is 6.08 Å². The van der Waals surface area contributed by atoms with E-state index in [2.05, 4.69) is 11.3 Å². The predicted octanol–water partition coefficient (Wildman–Crippen LogP) is 1.82. The summed E-state index contributed by atoms with van der Waals surface area (Å²) in [6.45, 7) is 4.85.